The molecule has 0 unspecified atom stereocenters. The van der Waals surface area contributed by atoms with Crippen LogP contribution in [0.2, 0.25) is 0 Å². The van der Waals surface area contributed by atoms with Gasteiger partial charge in [0, 0.05) is 18.3 Å². The summed E-state index contributed by atoms with van der Waals surface area (Å²) in [6, 6.07) is 20.0. The number of nitrogens with zero attached hydrogens (tertiary/aromatic N) is 2. The lowest BCUT2D eigenvalue weighted by Gasteiger charge is -2.08. The molecule has 0 aliphatic carbocycles. The molecule has 158 valence electrons. The minimum atomic E-state index is -3.75. The normalized spacial score (nSPS) is 12.1. The van der Waals surface area contributed by atoms with Crippen LogP contribution in [-0.2, 0) is 17.1 Å². The van der Waals surface area contributed by atoms with Crippen LogP contribution in [0.5, 0.6) is 5.75 Å². The van der Waals surface area contributed by atoms with Crippen molar-refractivity contribution >= 4 is 43.2 Å². The van der Waals surface area contributed by atoms with Crippen molar-refractivity contribution < 1.29 is 17.9 Å². The van der Waals surface area contributed by atoms with Gasteiger partial charge in [0.15, 0.2) is 4.80 Å². The number of anilines is 1. The van der Waals surface area contributed by atoms with Gasteiger partial charge in [-0.1, -0.05) is 41.7 Å². The Hall–Kier alpha value is -3.43. The first-order chi connectivity index (χ1) is 14.9. The molecule has 0 saturated heterocycles. The number of carbonyl (C=O) groups excluding carboxylic acids is 1. The van der Waals surface area contributed by atoms with E-state index in [-0.39, 0.29) is 16.1 Å². The number of aryl methyl sites for hydroxylation is 1. The summed E-state index contributed by atoms with van der Waals surface area (Å²) < 4.78 is 35.7. The second-order valence-corrected chi connectivity index (χ2v) is 9.36. The van der Waals surface area contributed by atoms with Crippen molar-refractivity contribution in [3.8, 4) is 5.75 Å². The maximum absolute atomic E-state index is 12.8. The molecular formula is C22H19N3O4S2. The molecule has 31 heavy (non-hydrogen) atoms. The minimum Gasteiger partial charge on any atom is -0.495 e. The van der Waals surface area contributed by atoms with Crippen molar-refractivity contribution in [2.75, 3.05) is 11.8 Å². The van der Waals surface area contributed by atoms with Crippen LogP contribution in [0.25, 0.3) is 10.2 Å². The summed E-state index contributed by atoms with van der Waals surface area (Å²) in [5, 5.41) is 0. The molecule has 1 heterocycles. The van der Waals surface area contributed by atoms with Crippen LogP contribution in [0.3, 0.4) is 0 Å². The summed E-state index contributed by atoms with van der Waals surface area (Å²) in [5.74, 6) is 0.226. The maximum atomic E-state index is 12.8. The molecule has 7 nitrogen and oxygen atoms in total. The average Bonchev–Trinajstić information content (AvgIpc) is 3.09. The molecular weight excluding hydrogens is 434 g/mol. The Morgan fingerprint density at radius 1 is 1.03 bits per heavy atom. The van der Waals surface area contributed by atoms with Crippen LogP contribution in [0.4, 0.5) is 5.69 Å². The zero-order chi connectivity index (χ0) is 22.0. The predicted octanol–water partition coefficient (Wildman–Crippen LogP) is 3.79. The van der Waals surface area contributed by atoms with Gasteiger partial charge in [-0.3, -0.25) is 9.52 Å². The molecule has 1 N–H and O–H groups in total. The van der Waals surface area contributed by atoms with Gasteiger partial charge >= 0.3 is 0 Å². The van der Waals surface area contributed by atoms with Crippen molar-refractivity contribution in [1.29, 1.82) is 0 Å². The van der Waals surface area contributed by atoms with E-state index in [1.54, 1.807) is 48.1 Å². The lowest BCUT2D eigenvalue weighted by molar-refractivity contribution is 0.0998. The van der Waals surface area contributed by atoms with E-state index in [0.717, 1.165) is 10.2 Å². The van der Waals surface area contributed by atoms with Gasteiger partial charge in [-0.15, -0.1) is 0 Å². The molecule has 0 bridgehead atoms. The van der Waals surface area contributed by atoms with Gasteiger partial charge in [0.1, 0.15) is 11.3 Å². The summed E-state index contributed by atoms with van der Waals surface area (Å²) in [4.78, 5) is 17.7. The summed E-state index contributed by atoms with van der Waals surface area (Å²) in [5.41, 5.74) is 1.41. The number of thiazole rings is 1. The van der Waals surface area contributed by atoms with Crippen molar-refractivity contribution in [3.63, 3.8) is 0 Å². The zero-order valence-electron chi connectivity index (χ0n) is 16.8. The third kappa shape index (κ3) is 4.23. The van der Waals surface area contributed by atoms with Gasteiger partial charge in [0.2, 0.25) is 0 Å². The fourth-order valence-electron chi connectivity index (χ4n) is 3.12. The highest BCUT2D eigenvalue weighted by atomic mass is 32.2. The first-order valence-electron chi connectivity index (χ1n) is 9.28. The molecule has 9 heteroatoms. The number of benzene rings is 3. The van der Waals surface area contributed by atoms with Gasteiger partial charge in [-0.05, 0) is 42.5 Å². The highest BCUT2D eigenvalue weighted by Crippen LogP contribution is 2.26. The molecule has 1 aromatic heterocycles. The van der Waals surface area contributed by atoms with Crippen LogP contribution >= 0.6 is 11.3 Å². The number of rotatable bonds is 5. The number of fused-ring (bicyclic) bond motifs is 1. The Morgan fingerprint density at radius 3 is 2.52 bits per heavy atom. The smallest absolute Gasteiger partial charge is 0.279 e. The summed E-state index contributed by atoms with van der Waals surface area (Å²) in [6.45, 7) is 0. The highest BCUT2D eigenvalue weighted by Gasteiger charge is 2.15. The number of aromatic nitrogens is 1. The van der Waals surface area contributed by atoms with Crippen LogP contribution < -0.4 is 14.3 Å². The van der Waals surface area contributed by atoms with Gasteiger partial charge < -0.3 is 9.30 Å². The molecule has 0 spiro atoms. The van der Waals surface area contributed by atoms with E-state index in [1.165, 1.54) is 29.5 Å². The first-order valence-corrected chi connectivity index (χ1v) is 11.6. The van der Waals surface area contributed by atoms with Crippen molar-refractivity contribution in [2.45, 2.75) is 4.90 Å². The van der Waals surface area contributed by atoms with Crippen molar-refractivity contribution in [1.82, 2.24) is 4.57 Å². The van der Waals surface area contributed by atoms with E-state index in [1.807, 2.05) is 25.2 Å². The third-order valence-corrected chi connectivity index (χ3v) is 7.11. The number of hydrogen-bond acceptors (Lipinski definition) is 5. The number of ether oxygens (including phenoxy) is 1. The fourth-order valence-corrected chi connectivity index (χ4v) is 5.23. The molecule has 4 rings (SSSR count). The van der Waals surface area contributed by atoms with E-state index >= 15 is 0 Å². The highest BCUT2D eigenvalue weighted by molar-refractivity contribution is 7.92. The second-order valence-electron chi connectivity index (χ2n) is 6.67. The largest absolute Gasteiger partial charge is 0.495 e. The molecule has 0 radical (unpaired) electrons. The van der Waals surface area contributed by atoms with E-state index in [9.17, 15) is 13.2 Å². The first kappa shape index (κ1) is 20.8. The number of amides is 1. The van der Waals surface area contributed by atoms with Crippen molar-refractivity contribution in [2.24, 2.45) is 12.0 Å². The molecule has 0 aliphatic heterocycles. The topological polar surface area (TPSA) is 89.8 Å². The van der Waals surface area contributed by atoms with Crippen LogP contribution in [-0.4, -0.2) is 26.0 Å². The Morgan fingerprint density at radius 2 is 1.77 bits per heavy atom. The lowest BCUT2D eigenvalue weighted by Crippen LogP contribution is -2.15. The number of para-hydroxylation sites is 1. The number of sulfonamides is 1. The lowest BCUT2D eigenvalue weighted by atomic mass is 10.2. The number of methoxy groups -OCH3 is 1. The summed E-state index contributed by atoms with van der Waals surface area (Å²) >= 11 is 1.37. The number of hydrogen-bond donors (Lipinski definition) is 1. The number of nitrogens with one attached hydrogen (secondary N) is 1. The van der Waals surface area contributed by atoms with Crippen LogP contribution in [0.1, 0.15) is 10.4 Å². The molecule has 1 amide bonds. The van der Waals surface area contributed by atoms with Crippen LogP contribution in [0, 0.1) is 0 Å². The molecule has 0 atom stereocenters. The number of carbonyl (C=O) groups is 1. The standard InChI is InChI=1S/C22H19N3O4S2/c1-25-20-18(29-2)12-7-13-19(20)30-22(25)23-21(26)15-8-6-9-16(14-15)24-31(27,28)17-10-4-3-5-11-17/h3-14,24H,1-2H3. The van der Waals surface area contributed by atoms with Crippen molar-refractivity contribution in [3.05, 3.63) is 83.2 Å². The van der Waals surface area contributed by atoms with Gasteiger partial charge in [-0.2, -0.15) is 4.99 Å². The Labute approximate surface area is 183 Å². The molecule has 0 fully saturated rings. The monoisotopic (exact) mass is 453 g/mol. The summed E-state index contributed by atoms with van der Waals surface area (Å²) in [6.07, 6.45) is 0. The second kappa shape index (κ2) is 8.37. The molecule has 0 aliphatic rings. The Kier molecular flexibility index (Phi) is 5.62. The average molecular weight is 454 g/mol. The molecule has 3 aromatic carbocycles. The third-order valence-electron chi connectivity index (χ3n) is 4.62. The van der Waals surface area contributed by atoms with Gasteiger partial charge in [0.05, 0.1) is 16.7 Å². The van der Waals surface area contributed by atoms with E-state index in [2.05, 4.69) is 9.71 Å². The van der Waals surface area contributed by atoms with Gasteiger partial charge in [0.25, 0.3) is 15.9 Å². The quantitative estimate of drug-likeness (QED) is 0.498. The van der Waals surface area contributed by atoms with E-state index in [0.29, 0.717) is 10.6 Å². The SMILES string of the molecule is COc1cccc2sc(=NC(=O)c3cccc(NS(=O)(=O)c4ccccc4)c3)n(C)c12. The summed E-state index contributed by atoms with van der Waals surface area (Å²) in [7, 11) is -0.343. The van der Waals surface area contributed by atoms with E-state index < -0.39 is 15.9 Å². The molecule has 4 aromatic rings. The van der Waals surface area contributed by atoms with Crippen LogP contribution in [0.15, 0.2) is 82.7 Å². The predicted molar refractivity (Wildman–Crippen MR) is 121 cm³/mol. The van der Waals surface area contributed by atoms with Gasteiger partial charge in [-0.25, -0.2) is 8.42 Å². The Balaban J connectivity index is 1.67. The minimum absolute atomic E-state index is 0.141. The zero-order valence-corrected chi connectivity index (χ0v) is 18.4. The van der Waals surface area contributed by atoms with E-state index in [4.69, 9.17) is 4.74 Å². The molecule has 0 saturated carbocycles. The Bertz CT molecular complexity index is 1440. The fraction of sp³-hybridized carbons (Fsp3) is 0.0909. The maximum Gasteiger partial charge on any atom is 0.279 e.